The summed E-state index contributed by atoms with van der Waals surface area (Å²) in [6.07, 6.45) is 1.01. The Morgan fingerprint density at radius 1 is 1.55 bits per heavy atom. The fourth-order valence-corrected chi connectivity index (χ4v) is 1.23. The molecule has 4 heteroatoms. The molecule has 0 aliphatic heterocycles. The minimum absolute atomic E-state index is 0.118. The van der Waals surface area contributed by atoms with Gasteiger partial charge in [-0.25, -0.2) is 8.51 Å². The quantitative estimate of drug-likeness (QED) is 0.664. The van der Waals surface area contributed by atoms with Crippen molar-refractivity contribution in [1.82, 2.24) is 4.31 Å². The van der Waals surface area contributed by atoms with Crippen molar-refractivity contribution >= 4 is 11.3 Å². The van der Waals surface area contributed by atoms with Gasteiger partial charge < -0.3 is 0 Å². The van der Waals surface area contributed by atoms with E-state index in [1.165, 1.54) is 4.31 Å². The van der Waals surface area contributed by atoms with E-state index in [0.717, 1.165) is 6.42 Å². The van der Waals surface area contributed by atoms with Crippen LogP contribution in [0.25, 0.3) is 0 Å². The van der Waals surface area contributed by atoms with Crippen LogP contribution < -0.4 is 0 Å². The second kappa shape index (κ2) is 4.18. The van der Waals surface area contributed by atoms with E-state index < -0.39 is 11.3 Å². The third kappa shape index (κ3) is 4.50. The van der Waals surface area contributed by atoms with Crippen LogP contribution in [-0.4, -0.2) is 26.7 Å². The first-order chi connectivity index (χ1) is 4.89. The van der Waals surface area contributed by atoms with Crippen LogP contribution in [-0.2, 0) is 11.3 Å². The van der Waals surface area contributed by atoms with E-state index in [2.05, 4.69) is 20.8 Å². The summed E-state index contributed by atoms with van der Waals surface area (Å²) in [4.78, 5) is 0. The van der Waals surface area contributed by atoms with Crippen molar-refractivity contribution in [2.24, 2.45) is 5.41 Å². The highest BCUT2D eigenvalue weighted by atomic mass is 32.2. The molecule has 0 radical (unpaired) electrons. The maximum atomic E-state index is 10.5. The Hall–Kier alpha value is 0.0700. The lowest BCUT2D eigenvalue weighted by Gasteiger charge is -2.26. The van der Waals surface area contributed by atoms with Crippen LogP contribution in [0.1, 0.15) is 27.2 Å². The fourth-order valence-electron chi connectivity index (χ4n) is 0.770. The average molecular weight is 179 g/mol. The molecule has 0 aromatic rings. The Kier molecular flexibility index (Phi) is 4.21. The minimum atomic E-state index is -1.83. The van der Waals surface area contributed by atoms with E-state index in [-0.39, 0.29) is 5.41 Å². The fraction of sp³-hybridized carbons (Fsp3) is 1.00. The molecule has 1 N–H and O–H groups in total. The standard InChI is InChI=1S/C7H17NO2S/c1-5-7(2,3)6-8(4)11(9)10/h5-6H2,1-4H3,(H,9,10). The highest BCUT2D eigenvalue weighted by Crippen LogP contribution is 2.20. The number of nitrogens with zero attached hydrogens (tertiary/aromatic N) is 1. The van der Waals surface area contributed by atoms with E-state index in [0.29, 0.717) is 6.54 Å². The summed E-state index contributed by atoms with van der Waals surface area (Å²) in [5, 5.41) is 0. The summed E-state index contributed by atoms with van der Waals surface area (Å²) in [7, 11) is 1.65. The van der Waals surface area contributed by atoms with Gasteiger partial charge in [0.25, 0.3) is 0 Å². The summed E-state index contributed by atoms with van der Waals surface area (Å²) < 4.78 is 20.6. The van der Waals surface area contributed by atoms with Gasteiger partial charge in [-0.2, -0.15) is 0 Å². The maximum Gasteiger partial charge on any atom is 0.234 e. The molecule has 0 fully saturated rings. The van der Waals surface area contributed by atoms with Crippen LogP contribution >= 0.6 is 0 Å². The molecule has 0 aliphatic carbocycles. The zero-order valence-electron chi connectivity index (χ0n) is 7.63. The summed E-state index contributed by atoms with van der Waals surface area (Å²) in [5.41, 5.74) is 0.118. The van der Waals surface area contributed by atoms with Crippen molar-refractivity contribution in [2.75, 3.05) is 13.6 Å². The molecular formula is C7H17NO2S. The van der Waals surface area contributed by atoms with Gasteiger partial charge in [0.05, 0.1) is 0 Å². The van der Waals surface area contributed by atoms with E-state index in [9.17, 15) is 4.21 Å². The van der Waals surface area contributed by atoms with Gasteiger partial charge in [-0.3, -0.25) is 4.55 Å². The van der Waals surface area contributed by atoms with Gasteiger partial charge >= 0.3 is 0 Å². The first-order valence-electron chi connectivity index (χ1n) is 3.71. The highest BCUT2D eigenvalue weighted by Gasteiger charge is 2.19. The van der Waals surface area contributed by atoms with Crippen molar-refractivity contribution in [1.29, 1.82) is 0 Å². The third-order valence-electron chi connectivity index (χ3n) is 1.87. The smallest absolute Gasteiger partial charge is 0.234 e. The van der Waals surface area contributed by atoms with Crippen molar-refractivity contribution < 1.29 is 8.76 Å². The number of hydrogen-bond acceptors (Lipinski definition) is 1. The molecule has 1 unspecified atom stereocenters. The van der Waals surface area contributed by atoms with Gasteiger partial charge in [-0.05, 0) is 11.8 Å². The number of hydrogen-bond donors (Lipinski definition) is 1. The van der Waals surface area contributed by atoms with Gasteiger partial charge in [0.15, 0.2) is 0 Å². The predicted octanol–water partition coefficient (Wildman–Crippen LogP) is 1.49. The lowest BCUT2D eigenvalue weighted by Crippen LogP contribution is -2.31. The Balaban J connectivity index is 3.93. The minimum Gasteiger partial charge on any atom is -0.294 e. The molecule has 0 heterocycles. The van der Waals surface area contributed by atoms with Crippen LogP contribution in [0.2, 0.25) is 0 Å². The Labute approximate surface area is 71.2 Å². The Morgan fingerprint density at radius 3 is 2.27 bits per heavy atom. The largest absolute Gasteiger partial charge is 0.294 e. The molecule has 0 bridgehead atoms. The molecule has 11 heavy (non-hydrogen) atoms. The van der Waals surface area contributed by atoms with E-state index in [4.69, 9.17) is 4.55 Å². The van der Waals surface area contributed by atoms with Crippen molar-refractivity contribution in [3.05, 3.63) is 0 Å². The lowest BCUT2D eigenvalue weighted by molar-refractivity contribution is 0.271. The monoisotopic (exact) mass is 179 g/mol. The summed E-state index contributed by atoms with van der Waals surface area (Å²) in [5.74, 6) is 0. The van der Waals surface area contributed by atoms with E-state index >= 15 is 0 Å². The van der Waals surface area contributed by atoms with Gasteiger partial charge in [-0.15, -0.1) is 0 Å². The predicted molar refractivity (Wildman–Crippen MR) is 47.5 cm³/mol. The van der Waals surface area contributed by atoms with E-state index in [1.54, 1.807) is 7.05 Å². The SMILES string of the molecule is CCC(C)(C)CN(C)S(=O)O. The second-order valence-electron chi connectivity index (χ2n) is 3.53. The maximum absolute atomic E-state index is 10.5. The molecule has 0 spiro atoms. The first-order valence-corrected chi connectivity index (χ1v) is 4.77. The van der Waals surface area contributed by atoms with Crippen LogP contribution in [0.3, 0.4) is 0 Å². The zero-order valence-corrected chi connectivity index (χ0v) is 8.44. The molecule has 0 saturated carbocycles. The molecule has 0 aliphatic rings. The van der Waals surface area contributed by atoms with Crippen molar-refractivity contribution in [3.63, 3.8) is 0 Å². The molecule has 0 aromatic heterocycles. The normalized spacial score (nSPS) is 15.5. The molecule has 0 rings (SSSR count). The van der Waals surface area contributed by atoms with Crippen LogP contribution in [0.15, 0.2) is 0 Å². The first kappa shape index (κ1) is 11.1. The third-order valence-corrected chi connectivity index (χ3v) is 2.54. The number of rotatable bonds is 4. The van der Waals surface area contributed by atoms with Crippen LogP contribution in [0.5, 0.6) is 0 Å². The molecule has 0 aromatic carbocycles. The van der Waals surface area contributed by atoms with Crippen molar-refractivity contribution in [3.8, 4) is 0 Å². The van der Waals surface area contributed by atoms with Crippen LogP contribution in [0, 0.1) is 5.41 Å². The summed E-state index contributed by atoms with van der Waals surface area (Å²) in [6.45, 7) is 6.88. The topological polar surface area (TPSA) is 40.5 Å². The Morgan fingerprint density at radius 2 is 2.00 bits per heavy atom. The van der Waals surface area contributed by atoms with E-state index in [1.807, 2.05) is 0 Å². The van der Waals surface area contributed by atoms with Gasteiger partial charge in [0, 0.05) is 13.6 Å². The molecule has 1 atom stereocenters. The summed E-state index contributed by atoms with van der Waals surface area (Å²) in [6, 6.07) is 0. The Bertz CT molecular complexity index is 147. The second-order valence-corrected chi connectivity index (χ2v) is 4.62. The van der Waals surface area contributed by atoms with Crippen molar-refractivity contribution in [2.45, 2.75) is 27.2 Å². The van der Waals surface area contributed by atoms with Gasteiger partial charge in [0.1, 0.15) is 0 Å². The molecule has 0 amide bonds. The zero-order chi connectivity index (χ0) is 9.07. The summed E-state index contributed by atoms with van der Waals surface area (Å²) >= 11 is -1.83. The molecular weight excluding hydrogens is 162 g/mol. The molecule has 68 valence electrons. The lowest BCUT2D eigenvalue weighted by atomic mass is 9.90. The highest BCUT2D eigenvalue weighted by molar-refractivity contribution is 7.76. The van der Waals surface area contributed by atoms with Gasteiger partial charge in [0.2, 0.25) is 11.3 Å². The molecule has 0 saturated heterocycles. The van der Waals surface area contributed by atoms with Gasteiger partial charge in [-0.1, -0.05) is 20.8 Å². The van der Waals surface area contributed by atoms with Crippen LogP contribution in [0.4, 0.5) is 0 Å². The molecule has 3 nitrogen and oxygen atoms in total. The average Bonchev–Trinajstić information content (AvgIpc) is 1.87.